The van der Waals surface area contributed by atoms with Crippen molar-refractivity contribution in [1.29, 1.82) is 0 Å². The topological polar surface area (TPSA) is 201 Å². The van der Waals surface area contributed by atoms with Crippen LogP contribution in [0.15, 0.2) is 30.3 Å². The van der Waals surface area contributed by atoms with E-state index < -0.39 is 64.9 Å². The second-order valence-electron chi connectivity index (χ2n) is 17.6. The van der Waals surface area contributed by atoms with Gasteiger partial charge in [-0.2, -0.15) is 4.80 Å². The van der Waals surface area contributed by atoms with Crippen LogP contribution in [0.1, 0.15) is 112 Å². The number of tetrazole rings is 1. The Morgan fingerprint density at radius 3 is 2.24 bits per heavy atom. The quantitative estimate of drug-likeness (QED) is 0.170. The lowest BCUT2D eigenvalue weighted by atomic mass is 9.85. The van der Waals surface area contributed by atoms with Gasteiger partial charge in [0.2, 0.25) is 23.6 Å². The summed E-state index contributed by atoms with van der Waals surface area (Å²) in [4.78, 5) is 71.9. The van der Waals surface area contributed by atoms with Gasteiger partial charge in [0.1, 0.15) is 23.7 Å². The molecule has 1 saturated heterocycles. The lowest BCUT2D eigenvalue weighted by Crippen LogP contribution is -2.62. The van der Waals surface area contributed by atoms with E-state index in [1.807, 2.05) is 85.7 Å². The van der Waals surface area contributed by atoms with Gasteiger partial charge in [-0.1, -0.05) is 84.7 Å². The molecule has 0 bridgehead atoms. The first-order chi connectivity index (χ1) is 25.9. The fourth-order valence-corrected chi connectivity index (χ4v) is 7.92. The number of likely N-dealkylation sites (tertiary alicyclic amines) is 1. The molecule has 1 aromatic heterocycles. The molecule has 1 aromatic carbocycles. The average molecular weight is 764 g/mol. The molecule has 302 valence electrons. The number of hydrogen-bond donors (Lipinski definition) is 5. The highest BCUT2D eigenvalue weighted by atomic mass is 16.3. The number of fused-ring (bicyclic) bond motifs is 1. The average Bonchev–Trinajstić information content (AvgIpc) is 3.45. The molecular formula is C40H61N9O6. The highest BCUT2D eigenvalue weighted by Gasteiger charge is 2.52. The number of carbonyl (C=O) groups excluding carboxylic acids is 5. The van der Waals surface area contributed by atoms with Crippen molar-refractivity contribution < 1.29 is 29.1 Å². The lowest BCUT2D eigenvalue weighted by Gasteiger charge is -2.37. The van der Waals surface area contributed by atoms with E-state index in [2.05, 4.69) is 36.7 Å². The minimum absolute atomic E-state index is 0.0624. The molecule has 3 fully saturated rings. The smallest absolute Gasteiger partial charge is 0.251 e. The molecule has 15 nitrogen and oxygen atoms in total. The van der Waals surface area contributed by atoms with E-state index in [9.17, 15) is 29.1 Å². The maximum absolute atomic E-state index is 14.6. The summed E-state index contributed by atoms with van der Waals surface area (Å²) in [6.07, 6.45) is 3.75. The summed E-state index contributed by atoms with van der Waals surface area (Å²) in [6, 6.07) is 6.16. The van der Waals surface area contributed by atoms with Crippen LogP contribution in [0.4, 0.5) is 0 Å². The van der Waals surface area contributed by atoms with Crippen molar-refractivity contribution in [2.75, 3.05) is 6.54 Å². The molecule has 2 aliphatic carbocycles. The van der Waals surface area contributed by atoms with E-state index in [0.29, 0.717) is 19.4 Å². The fourth-order valence-electron chi connectivity index (χ4n) is 7.92. The molecule has 5 rings (SSSR count). The van der Waals surface area contributed by atoms with Gasteiger partial charge in [-0.05, 0) is 79.9 Å². The summed E-state index contributed by atoms with van der Waals surface area (Å²) in [7, 11) is 0. The Kier molecular flexibility index (Phi) is 13.0. The van der Waals surface area contributed by atoms with Gasteiger partial charge >= 0.3 is 0 Å². The zero-order valence-corrected chi connectivity index (χ0v) is 33.7. The monoisotopic (exact) mass is 763 g/mol. The number of benzene rings is 1. The number of aliphatic hydroxyl groups is 1. The van der Waals surface area contributed by atoms with Crippen molar-refractivity contribution in [1.82, 2.24) is 46.4 Å². The number of aromatic nitrogens is 4. The van der Waals surface area contributed by atoms with Crippen molar-refractivity contribution >= 4 is 29.5 Å². The van der Waals surface area contributed by atoms with Crippen LogP contribution in [0.2, 0.25) is 0 Å². The van der Waals surface area contributed by atoms with Gasteiger partial charge in [-0.15, -0.1) is 10.2 Å². The first kappa shape index (κ1) is 41.8. The van der Waals surface area contributed by atoms with Crippen molar-refractivity contribution in [3.8, 4) is 0 Å². The van der Waals surface area contributed by atoms with Crippen molar-refractivity contribution in [2.24, 2.45) is 23.2 Å². The number of carbonyl (C=O) groups is 5. The number of nitrogens with zero attached hydrogens (tertiary/aromatic N) is 5. The minimum atomic E-state index is -1.41. The third kappa shape index (κ3) is 9.89. The second-order valence-corrected chi connectivity index (χ2v) is 17.6. The van der Waals surface area contributed by atoms with Crippen LogP contribution in [0, 0.1) is 23.2 Å². The number of hydrogen-bond acceptors (Lipinski definition) is 9. The van der Waals surface area contributed by atoms with Crippen molar-refractivity contribution in [2.45, 2.75) is 149 Å². The Bertz CT molecular complexity index is 1680. The van der Waals surface area contributed by atoms with E-state index in [1.165, 1.54) is 4.80 Å². The molecule has 5 amide bonds. The zero-order valence-electron chi connectivity index (χ0n) is 33.7. The Morgan fingerprint density at radius 1 is 0.927 bits per heavy atom. The van der Waals surface area contributed by atoms with E-state index in [1.54, 1.807) is 4.90 Å². The first-order valence-corrected chi connectivity index (χ1v) is 20.0. The minimum Gasteiger partial charge on any atom is -0.381 e. The Labute approximate surface area is 324 Å². The standard InChI is InChI=1S/C40H61N9O6/c1-9-14-28(33(51)37(54)41-26-19-20-26)42-36(53)32-27-18-13-15-24(27)22-48(32)38(55)34(39(4,5)6)44-35(52)31(23(2)3)43-30(50)21-29-45-47-49(46-29)40(7,8)25-16-11-10-12-17-25/h10-12,16-17,23-24,26-28,31-34,51H,9,13-15,18-22H2,1-8H3,(H,41,54)(H,42,53)(H,43,50)(H,44,52)/t24-,27-,28?,31-,32-,33?,34-/m0/s1. The predicted octanol–water partition coefficient (Wildman–Crippen LogP) is 2.22. The van der Waals surface area contributed by atoms with E-state index in [0.717, 1.165) is 37.7 Å². The Morgan fingerprint density at radius 2 is 1.62 bits per heavy atom. The third-order valence-corrected chi connectivity index (χ3v) is 11.4. The van der Waals surface area contributed by atoms with Crippen LogP contribution in [-0.2, 0) is 35.9 Å². The van der Waals surface area contributed by atoms with Crippen LogP contribution in [0.25, 0.3) is 0 Å². The lowest BCUT2D eigenvalue weighted by molar-refractivity contribution is -0.146. The molecular weight excluding hydrogens is 702 g/mol. The summed E-state index contributed by atoms with van der Waals surface area (Å²) in [5.74, 6) is -2.36. The van der Waals surface area contributed by atoms with Crippen molar-refractivity contribution in [3.05, 3.63) is 41.7 Å². The maximum Gasteiger partial charge on any atom is 0.251 e. The van der Waals surface area contributed by atoms with Gasteiger partial charge < -0.3 is 31.3 Å². The van der Waals surface area contributed by atoms with E-state index in [-0.39, 0.29) is 41.9 Å². The first-order valence-electron chi connectivity index (χ1n) is 20.0. The summed E-state index contributed by atoms with van der Waals surface area (Å²) >= 11 is 0. The largest absolute Gasteiger partial charge is 0.381 e. The van der Waals surface area contributed by atoms with Crippen LogP contribution in [-0.4, -0.2) is 103 Å². The number of aliphatic hydroxyl groups excluding tert-OH is 1. The van der Waals surface area contributed by atoms with Crippen LogP contribution < -0.4 is 21.3 Å². The van der Waals surface area contributed by atoms with Crippen LogP contribution in [0.5, 0.6) is 0 Å². The van der Waals surface area contributed by atoms with Gasteiger partial charge in [0.15, 0.2) is 11.9 Å². The highest BCUT2D eigenvalue weighted by Crippen LogP contribution is 2.43. The van der Waals surface area contributed by atoms with Gasteiger partial charge in [0, 0.05) is 12.6 Å². The fraction of sp³-hybridized carbons (Fsp3) is 0.700. The molecule has 2 saturated carbocycles. The second kappa shape index (κ2) is 17.2. The predicted molar refractivity (Wildman–Crippen MR) is 205 cm³/mol. The molecule has 2 aromatic rings. The van der Waals surface area contributed by atoms with E-state index in [4.69, 9.17) is 0 Å². The molecule has 2 unspecified atom stereocenters. The van der Waals surface area contributed by atoms with Gasteiger partial charge in [0.25, 0.3) is 5.91 Å². The molecule has 55 heavy (non-hydrogen) atoms. The molecule has 5 N–H and O–H groups in total. The Balaban J connectivity index is 1.28. The summed E-state index contributed by atoms with van der Waals surface area (Å²) < 4.78 is 0. The number of amides is 5. The summed E-state index contributed by atoms with van der Waals surface area (Å²) in [5, 5.41) is 35.3. The molecule has 2 heterocycles. The summed E-state index contributed by atoms with van der Waals surface area (Å²) in [5.41, 5.74) is -0.400. The third-order valence-electron chi connectivity index (χ3n) is 11.4. The molecule has 0 radical (unpaired) electrons. The number of nitrogens with one attached hydrogen (secondary N) is 4. The number of rotatable bonds is 16. The molecule has 15 heteroatoms. The van der Waals surface area contributed by atoms with Gasteiger partial charge in [0.05, 0.1) is 12.5 Å². The van der Waals surface area contributed by atoms with Crippen molar-refractivity contribution in [3.63, 3.8) is 0 Å². The molecule has 1 aliphatic heterocycles. The molecule has 3 aliphatic rings. The molecule has 7 atom stereocenters. The van der Waals surface area contributed by atoms with Crippen LogP contribution in [0.3, 0.4) is 0 Å². The molecule has 0 spiro atoms. The van der Waals surface area contributed by atoms with Crippen LogP contribution >= 0.6 is 0 Å². The van der Waals surface area contributed by atoms with Gasteiger partial charge in [-0.25, -0.2) is 0 Å². The maximum atomic E-state index is 14.6. The zero-order chi connectivity index (χ0) is 40.2. The SMILES string of the molecule is CCCC(NC(=O)[C@@H]1[C@H]2CCC[C@H]2CN1C(=O)[C@H](NC(=O)[C@@H](NC(=O)Cc1nnn(C(C)(C)c2ccccc2)n1)C(C)C)C(C)(C)C)C(O)C(=O)NC1CC1. The normalized spacial score (nSPS) is 22.0. The highest BCUT2D eigenvalue weighted by molar-refractivity contribution is 5.95. The Hall–Kier alpha value is -4.40. The van der Waals surface area contributed by atoms with Gasteiger partial charge in [-0.3, -0.25) is 24.0 Å². The summed E-state index contributed by atoms with van der Waals surface area (Å²) in [6.45, 7) is 15.4. The van der Waals surface area contributed by atoms with E-state index >= 15 is 0 Å².